The normalized spacial score (nSPS) is 17.1. The van der Waals surface area contributed by atoms with Crippen molar-refractivity contribution in [3.63, 3.8) is 0 Å². The molecule has 0 spiro atoms. The minimum absolute atomic E-state index is 0.00163. The highest BCUT2D eigenvalue weighted by Gasteiger charge is 2.56. The maximum Gasteiger partial charge on any atom is 0.356 e. The molecule has 1 fully saturated rings. The van der Waals surface area contributed by atoms with Gasteiger partial charge in [0.2, 0.25) is 5.43 Å². The Morgan fingerprint density at radius 1 is 0.962 bits per heavy atom. The van der Waals surface area contributed by atoms with Crippen LogP contribution in [0.2, 0.25) is 0 Å². The number of β-lactam (4-membered cyclic amide) rings is 1. The van der Waals surface area contributed by atoms with Gasteiger partial charge in [0.05, 0.1) is 5.56 Å². The predicted octanol–water partition coefficient (Wildman–Crippen LogP) is 3.39. The Labute approximate surface area is 304 Å². The molecule has 0 bridgehead atoms. The summed E-state index contributed by atoms with van der Waals surface area (Å²) in [6, 6.07) is 26.1. The van der Waals surface area contributed by atoms with Crippen LogP contribution in [0, 0.1) is 0 Å². The molecule has 1 saturated heterocycles. The van der Waals surface area contributed by atoms with Gasteiger partial charge < -0.3 is 25.4 Å². The molecule has 3 heterocycles. The quantitative estimate of drug-likeness (QED) is 0.0631. The van der Waals surface area contributed by atoms with Crippen molar-refractivity contribution in [2.24, 2.45) is 5.16 Å². The van der Waals surface area contributed by atoms with Crippen LogP contribution < -0.4 is 26.6 Å². The molecule has 7 rings (SSSR count). The van der Waals surface area contributed by atoms with Gasteiger partial charge in [-0.1, -0.05) is 96.2 Å². The van der Waals surface area contributed by atoms with E-state index in [9.17, 15) is 24.0 Å². The van der Waals surface area contributed by atoms with Gasteiger partial charge in [-0.05, 0) is 16.7 Å². The first-order chi connectivity index (χ1) is 25.3. The molecule has 13 nitrogen and oxygen atoms in total. The molecule has 1 aromatic heterocycles. The first-order valence-corrected chi connectivity index (χ1v) is 17.8. The van der Waals surface area contributed by atoms with Gasteiger partial charge in [-0.25, -0.2) is 9.78 Å². The number of rotatable bonds is 12. The third-order valence-corrected chi connectivity index (χ3v) is 10.4. The van der Waals surface area contributed by atoms with Crippen LogP contribution in [0.15, 0.2) is 117 Å². The van der Waals surface area contributed by atoms with Crippen LogP contribution in [0.5, 0.6) is 5.75 Å². The summed E-state index contributed by atoms with van der Waals surface area (Å²) in [4.78, 5) is 78.0. The maximum absolute atomic E-state index is 14.4. The number of ether oxygens (including phenoxy) is 2. The van der Waals surface area contributed by atoms with Crippen molar-refractivity contribution in [3.05, 3.63) is 150 Å². The number of amides is 2. The lowest BCUT2D eigenvalue weighted by Gasteiger charge is -2.49. The number of nitrogens with two attached hydrogens (primary N) is 1. The van der Waals surface area contributed by atoms with E-state index in [0.29, 0.717) is 11.1 Å². The van der Waals surface area contributed by atoms with E-state index >= 15 is 0 Å². The van der Waals surface area contributed by atoms with E-state index in [0.717, 1.165) is 16.9 Å². The number of carbonyl (C=O) groups excluding carboxylic acids is 3. The summed E-state index contributed by atoms with van der Waals surface area (Å²) >= 11 is 2.30. The molecule has 0 saturated carbocycles. The van der Waals surface area contributed by atoms with Crippen LogP contribution in [0.25, 0.3) is 5.57 Å². The zero-order valence-electron chi connectivity index (χ0n) is 27.4. The molecule has 2 unspecified atom stereocenters. The van der Waals surface area contributed by atoms with E-state index in [4.69, 9.17) is 20.0 Å². The number of aromatic nitrogens is 1. The number of thiazole rings is 1. The van der Waals surface area contributed by atoms with Crippen LogP contribution in [-0.4, -0.2) is 57.7 Å². The minimum Gasteiger partial charge on any atom is -0.484 e. The smallest absolute Gasteiger partial charge is 0.356 e. The standard InChI is InChI=1S/C37H29N5O8S2/c1-48-41-26(24-19-52-37(38)39-24)33(45)40-27-34(46)42-28(36(47)50-31(21-13-7-3-8-14-21)22-15-9-4-10-16-22)23(18-51-35(27)42)25-29(43)30(44)32(25)49-17-20-11-5-2-6-12-20/h2-16,19,27,31,35H,17-18H2,1H3,(H2,38,39)(H,40,45)/b41-26-. The molecule has 4 aromatic carbocycles. The highest BCUT2D eigenvalue weighted by Crippen LogP contribution is 2.45. The number of nitrogen functional groups attached to an aromatic ring is 1. The summed E-state index contributed by atoms with van der Waals surface area (Å²) in [7, 11) is 1.26. The van der Waals surface area contributed by atoms with Crippen LogP contribution in [0.1, 0.15) is 34.1 Å². The highest BCUT2D eigenvalue weighted by molar-refractivity contribution is 8.00. The number of nitrogens with zero attached hydrogens (tertiary/aromatic N) is 3. The number of anilines is 1. The van der Waals surface area contributed by atoms with Crippen LogP contribution in [0.4, 0.5) is 5.13 Å². The predicted molar refractivity (Wildman–Crippen MR) is 195 cm³/mol. The molecule has 3 N–H and O–H groups in total. The molecule has 5 aromatic rings. The first-order valence-electron chi connectivity index (χ1n) is 15.9. The summed E-state index contributed by atoms with van der Waals surface area (Å²) in [5, 5.41) is 7.41. The lowest BCUT2D eigenvalue weighted by molar-refractivity contribution is -0.154. The molecule has 2 aliphatic heterocycles. The summed E-state index contributed by atoms with van der Waals surface area (Å²) < 4.78 is 12.0. The average molecular weight is 736 g/mol. The van der Waals surface area contributed by atoms with E-state index in [-0.39, 0.29) is 51.5 Å². The van der Waals surface area contributed by atoms with Crippen molar-refractivity contribution in [1.82, 2.24) is 15.2 Å². The number of thioether (sulfide) groups is 1. The molecule has 262 valence electrons. The Balaban J connectivity index is 1.25. The van der Waals surface area contributed by atoms with Gasteiger partial charge >= 0.3 is 5.97 Å². The number of esters is 1. The lowest BCUT2D eigenvalue weighted by Crippen LogP contribution is -2.71. The Hall–Kier alpha value is -6.06. The maximum atomic E-state index is 14.4. The molecule has 0 radical (unpaired) electrons. The SMILES string of the molecule is CO/N=C(\C(=O)NC1C(=O)N2C(C(=O)OC(c3ccccc3)c3ccccc3)=C(c3c(OCc4ccccc4)c(=O)c3=O)CSC12)c1csc(N)n1. The van der Waals surface area contributed by atoms with Crippen molar-refractivity contribution in [2.75, 3.05) is 18.6 Å². The number of hydrogen-bond acceptors (Lipinski definition) is 13. The van der Waals surface area contributed by atoms with Crippen molar-refractivity contribution >= 4 is 57.3 Å². The third kappa shape index (κ3) is 6.47. The second-order valence-electron chi connectivity index (χ2n) is 11.6. The van der Waals surface area contributed by atoms with Crippen molar-refractivity contribution in [3.8, 4) is 5.75 Å². The highest BCUT2D eigenvalue weighted by atomic mass is 32.2. The first kappa shape index (κ1) is 34.4. The molecular weight excluding hydrogens is 707 g/mol. The Morgan fingerprint density at radius 3 is 2.19 bits per heavy atom. The number of hydrogen-bond donors (Lipinski definition) is 2. The van der Waals surface area contributed by atoms with Gasteiger partial charge in [-0.15, -0.1) is 23.1 Å². The number of carbonyl (C=O) groups is 3. The second-order valence-corrected chi connectivity index (χ2v) is 13.6. The number of oxime groups is 1. The zero-order chi connectivity index (χ0) is 36.4. The number of nitrogens with one attached hydrogen (secondary N) is 1. The minimum atomic E-state index is -1.10. The fourth-order valence-corrected chi connectivity index (χ4v) is 7.86. The van der Waals surface area contributed by atoms with E-state index in [1.807, 2.05) is 54.6 Å². The largest absolute Gasteiger partial charge is 0.484 e. The van der Waals surface area contributed by atoms with Gasteiger partial charge in [-0.3, -0.25) is 24.1 Å². The van der Waals surface area contributed by atoms with Crippen LogP contribution in [-0.2, 0) is 30.6 Å². The third-order valence-electron chi connectivity index (χ3n) is 8.43. The molecule has 2 aliphatic rings. The Morgan fingerprint density at radius 2 is 1.60 bits per heavy atom. The summed E-state index contributed by atoms with van der Waals surface area (Å²) in [6.07, 6.45) is -0.886. The molecular formula is C37H29N5O8S2. The van der Waals surface area contributed by atoms with Crippen molar-refractivity contribution in [1.29, 1.82) is 0 Å². The average Bonchev–Trinajstić information content (AvgIpc) is 3.62. The van der Waals surface area contributed by atoms with Crippen LogP contribution in [0.3, 0.4) is 0 Å². The molecule has 0 aliphatic carbocycles. The van der Waals surface area contributed by atoms with Gasteiger partial charge in [0.1, 0.15) is 36.5 Å². The molecule has 52 heavy (non-hydrogen) atoms. The van der Waals surface area contributed by atoms with E-state index in [2.05, 4.69) is 15.5 Å². The van der Waals surface area contributed by atoms with E-state index in [1.54, 1.807) is 36.4 Å². The van der Waals surface area contributed by atoms with Gasteiger partial charge in [0.15, 0.2) is 22.7 Å². The summed E-state index contributed by atoms with van der Waals surface area (Å²) in [5.74, 6) is -2.49. The fraction of sp³-hybridized carbons (Fsp3) is 0.162. The molecule has 15 heteroatoms. The van der Waals surface area contributed by atoms with E-state index in [1.165, 1.54) is 29.2 Å². The summed E-state index contributed by atoms with van der Waals surface area (Å²) in [6.45, 7) is -0.00163. The van der Waals surface area contributed by atoms with Crippen molar-refractivity contribution in [2.45, 2.75) is 24.1 Å². The molecule has 2 amide bonds. The number of fused-ring (bicyclic) bond motifs is 1. The topological polar surface area (TPSA) is 180 Å². The summed E-state index contributed by atoms with van der Waals surface area (Å²) in [5.41, 5.74) is 5.94. The second kappa shape index (κ2) is 14.7. The fourth-order valence-electron chi connectivity index (χ4n) is 5.96. The van der Waals surface area contributed by atoms with Gasteiger partial charge in [0, 0.05) is 16.7 Å². The number of benzene rings is 3. The van der Waals surface area contributed by atoms with Gasteiger partial charge in [0.25, 0.3) is 17.2 Å². The van der Waals surface area contributed by atoms with Gasteiger partial charge in [-0.2, -0.15) is 0 Å². The monoisotopic (exact) mass is 735 g/mol. The molecule has 2 atom stereocenters. The Kier molecular flexibility index (Phi) is 9.69. The lowest BCUT2D eigenvalue weighted by atomic mass is 9.95. The van der Waals surface area contributed by atoms with E-state index < -0.39 is 46.2 Å². The Bertz CT molecular complexity index is 2250. The zero-order valence-corrected chi connectivity index (χ0v) is 29.0. The van der Waals surface area contributed by atoms with Crippen molar-refractivity contribution < 1.29 is 28.7 Å². The van der Waals surface area contributed by atoms with Crippen LogP contribution >= 0.6 is 23.1 Å².